The Morgan fingerprint density at radius 1 is 1.00 bits per heavy atom. The monoisotopic (exact) mass is 190 g/mol. The van der Waals surface area contributed by atoms with E-state index in [4.69, 9.17) is 19.2 Å². The molecule has 0 aromatic carbocycles. The Balaban J connectivity index is -0.0000000267. The Morgan fingerprint density at radius 2 is 1.00 bits per heavy atom. The van der Waals surface area contributed by atoms with Gasteiger partial charge in [-0.1, -0.05) is 0 Å². The molecule has 0 atom stereocenters. The molecule has 0 bridgehead atoms. The maximum Gasteiger partial charge on any atom is 2.00 e. The third-order valence-electron chi connectivity index (χ3n) is 0. The molecule has 0 radical (unpaired) electrons. The van der Waals surface area contributed by atoms with Crippen LogP contribution in [0.5, 0.6) is 0 Å². The summed E-state index contributed by atoms with van der Waals surface area (Å²) in [5.74, 6) is 0. The molecule has 0 saturated carbocycles. The van der Waals surface area contributed by atoms with E-state index in [1.807, 2.05) is 0 Å². The summed E-state index contributed by atoms with van der Waals surface area (Å²) in [4.78, 5) is 33.1. The van der Waals surface area contributed by atoms with Gasteiger partial charge >= 0.3 is 75.5 Å². The average molecular weight is 190 g/mol. The zero-order chi connectivity index (χ0) is 4.50. The van der Waals surface area contributed by atoms with Crippen molar-refractivity contribution < 1.29 is 24.7 Å². The van der Waals surface area contributed by atoms with Crippen LogP contribution in [0.3, 0.4) is 0 Å². The molecule has 2 N–H and O–H groups in total. The summed E-state index contributed by atoms with van der Waals surface area (Å²) in [5, 5.41) is 0. The second-order valence-corrected chi connectivity index (χ2v) is 1.57. The fourth-order valence-corrected chi connectivity index (χ4v) is 0. The van der Waals surface area contributed by atoms with Gasteiger partial charge in [0.1, 0.15) is 0 Å². The summed E-state index contributed by atoms with van der Waals surface area (Å²) in [6.45, 7) is 0. The van der Waals surface area contributed by atoms with E-state index in [2.05, 4.69) is 0 Å². The summed E-state index contributed by atoms with van der Waals surface area (Å²) in [6, 6.07) is 0. The first-order valence-electron chi connectivity index (χ1n) is 0.836. The van der Waals surface area contributed by atoms with Crippen molar-refractivity contribution in [2.45, 2.75) is 0 Å². The molecule has 0 amide bonds. The largest absolute Gasteiger partial charge is 2.00 e. The molecule has 5 nitrogen and oxygen atoms in total. The minimum atomic E-state index is -5.36. The van der Waals surface area contributed by atoms with Gasteiger partial charge in [0, 0.05) is 0 Å². The predicted octanol–water partition coefficient (Wildman–Crippen LogP) is -5.44. The normalized spacial score (nSPS) is 7.50. The zero-order valence-corrected chi connectivity index (χ0v) is 9.45. The first kappa shape index (κ1) is 22.4. The number of hydrogen-bond donors (Lipinski definition) is 1. The SMILES string of the molecule is [Ca+2].[Ca+2].[O-][Si]([O-])([O-])O.[OH-]. The molecule has 40 valence electrons. The van der Waals surface area contributed by atoms with Gasteiger partial charge in [-0.25, -0.2) is 0 Å². The van der Waals surface area contributed by atoms with Crippen LogP contribution in [0.15, 0.2) is 0 Å². The standard InChI is InChI=1S/2Ca.HO4Si.H2O/c;;1-5(2,3)4;/h;;1H;1H2/q2*+2;-3;/p-1. The molecule has 0 saturated heterocycles. The van der Waals surface area contributed by atoms with Crippen molar-refractivity contribution in [2.24, 2.45) is 0 Å². The van der Waals surface area contributed by atoms with E-state index < -0.39 is 9.05 Å². The summed E-state index contributed by atoms with van der Waals surface area (Å²) < 4.78 is 0. The van der Waals surface area contributed by atoms with Gasteiger partial charge in [-0.3, -0.25) is 0 Å². The molecular formula is H2Ca2O5Si. The van der Waals surface area contributed by atoms with Crippen LogP contribution in [-0.4, -0.2) is 94.8 Å². The Kier molecular flexibility index (Phi) is 26.7. The maximum atomic E-state index is 8.69. The summed E-state index contributed by atoms with van der Waals surface area (Å²) in [6.07, 6.45) is 0. The van der Waals surface area contributed by atoms with E-state index >= 15 is 0 Å². The van der Waals surface area contributed by atoms with Gasteiger partial charge in [0.25, 0.3) is 0 Å². The molecule has 0 aromatic heterocycles. The van der Waals surface area contributed by atoms with Gasteiger partial charge in [0.05, 0.1) is 0 Å². The van der Waals surface area contributed by atoms with Crippen LogP contribution in [0.2, 0.25) is 0 Å². The molecule has 0 aliphatic carbocycles. The quantitative estimate of drug-likeness (QED) is 0.382. The Hall–Kier alpha value is 2.54. The van der Waals surface area contributed by atoms with E-state index in [-0.39, 0.29) is 81.0 Å². The second kappa shape index (κ2) is 9.54. The van der Waals surface area contributed by atoms with Crippen molar-refractivity contribution in [3.63, 3.8) is 0 Å². The van der Waals surface area contributed by atoms with Crippen molar-refractivity contribution in [3.8, 4) is 0 Å². The van der Waals surface area contributed by atoms with Crippen LogP contribution >= 0.6 is 0 Å². The van der Waals surface area contributed by atoms with Gasteiger partial charge in [0.15, 0.2) is 0 Å². The van der Waals surface area contributed by atoms with Crippen LogP contribution in [0, 0.1) is 0 Å². The second-order valence-electron chi connectivity index (χ2n) is 0.524. The topological polar surface area (TPSA) is 119 Å². The van der Waals surface area contributed by atoms with Crippen LogP contribution in [0.25, 0.3) is 0 Å². The number of rotatable bonds is 0. The first-order chi connectivity index (χ1) is 2.00. The van der Waals surface area contributed by atoms with Gasteiger partial charge in [-0.2, -0.15) is 0 Å². The van der Waals surface area contributed by atoms with Crippen molar-refractivity contribution in [2.75, 3.05) is 0 Å². The molecule has 8 heavy (non-hydrogen) atoms. The molecule has 0 unspecified atom stereocenters. The minimum absolute atomic E-state index is 0. The summed E-state index contributed by atoms with van der Waals surface area (Å²) in [5.41, 5.74) is 0. The Bertz CT molecular complexity index is 25.9. The minimum Gasteiger partial charge on any atom is -0.870 e. The fraction of sp³-hybridized carbons (Fsp3) is 0. The molecule has 0 rings (SSSR count). The van der Waals surface area contributed by atoms with Crippen LogP contribution in [-0.2, 0) is 0 Å². The first-order valence-corrected chi connectivity index (χ1v) is 2.51. The predicted molar refractivity (Wildman–Crippen MR) is 21.4 cm³/mol. The average Bonchev–Trinajstić information content (AvgIpc) is 0.722. The van der Waals surface area contributed by atoms with Crippen molar-refractivity contribution >= 4 is 84.5 Å². The van der Waals surface area contributed by atoms with Gasteiger partial charge in [-0.15, -0.1) is 9.05 Å². The van der Waals surface area contributed by atoms with E-state index in [1.54, 1.807) is 0 Å². The number of hydrogen-bond acceptors (Lipinski definition) is 5. The van der Waals surface area contributed by atoms with E-state index in [0.29, 0.717) is 0 Å². The third kappa shape index (κ3) is 75.4. The Labute approximate surface area is 107 Å². The van der Waals surface area contributed by atoms with Gasteiger partial charge in [0.2, 0.25) is 0 Å². The molecule has 0 spiro atoms. The van der Waals surface area contributed by atoms with Crippen molar-refractivity contribution in [3.05, 3.63) is 0 Å². The van der Waals surface area contributed by atoms with Crippen molar-refractivity contribution in [1.29, 1.82) is 0 Å². The van der Waals surface area contributed by atoms with Gasteiger partial charge in [-0.05, 0) is 0 Å². The molecule has 0 aliphatic rings. The van der Waals surface area contributed by atoms with E-state index in [1.165, 1.54) is 0 Å². The van der Waals surface area contributed by atoms with E-state index in [9.17, 15) is 0 Å². The van der Waals surface area contributed by atoms with Crippen LogP contribution in [0.1, 0.15) is 0 Å². The van der Waals surface area contributed by atoms with Gasteiger partial charge < -0.3 is 24.7 Å². The maximum absolute atomic E-state index is 8.69. The third-order valence-corrected chi connectivity index (χ3v) is 0. The van der Waals surface area contributed by atoms with Crippen LogP contribution < -0.4 is 14.4 Å². The smallest absolute Gasteiger partial charge is 0.870 e. The fourth-order valence-electron chi connectivity index (χ4n) is 0. The van der Waals surface area contributed by atoms with Crippen LogP contribution in [0.4, 0.5) is 0 Å². The molecule has 0 aromatic rings. The molecule has 0 fully saturated rings. The zero-order valence-electron chi connectivity index (χ0n) is 4.03. The van der Waals surface area contributed by atoms with E-state index in [0.717, 1.165) is 0 Å². The summed E-state index contributed by atoms with van der Waals surface area (Å²) in [7, 11) is -5.36. The molecule has 0 aliphatic heterocycles. The molecule has 8 heteroatoms. The van der Waals surface area contributed by atoms with Crippen molar-refractivity contribution in [1.82, 2.24) is 0 Å². The molecule has 0 heterocycles. The Morgan fingerprint density at radius 3 is 1.00 bits per heavy atom. The molecular weight excluding hydrogens is 188 g/mol. The summed E-state index contributed by atoms with van der Waals surface area (Å²) >= 11 is 0.